The number of piperazine rings is 1. The topological polar surface area (TPSA) is 111 Å². The summed E-state index contributed by atoms with van der Waals surface area (Å²) in [5, 5.41) is 3.34. The van der Waals surface area contributed by atoms with Gasteiger partial charge in [-0.1, -0.05) is 6.58 Å². The van der Waals surface area contributed by atoms with Crippen molar-refractivity contribution >= 4 is 45.3 Å². The summed E-state index contributed by atoms with van der Waals surface area (Å²) in [5.74, 6) is 2.65. The minimum absolute atomic E-state index is 0.00111. The second kappa shape index (κ2) is 11.7. The molecule has 0 saturated carbocycles. The molecular formula is C31H30F2N8O3. The molecule has 1 N–H and O–H groups in total. The second-order valence-electron chi connectivity index (χ2n) is 10.4. The molecule has 3 aromatic heterocycles. The number of nitrogens with zero attached hydrogens (tertiary/aromatic N) is 7. The highest BCUT2D eigenvalue weighted by atomic mass is 19.3. The van der Waals surface area contributed by atoms with Crippen LogP contribution in [0.5, 0.6) is 17.2 Å². The summed E-state index contributed by atoms with van der Waals surface area (Å²) in [6.45, 7) is 6.65. The van der Waals surface area contributed by atoms with Crippen LogP contribution < -0.4 is 19.7 Å². The van der Waals surface area contributed by atoms with Crippen molar-refractivity contribution < 1.29 is 23.0 Å². The predicted molar refractivity (Wildman–Crippen MR) is 163 cm³/mol. The molecule has 1 atom stereocenters. The van der Waals surface area contributed by atoms with Crippen LogP contribution in [0, 0.1) is 6.92 Å². The number of ether oxygens (including phenoxy) is 2. The number of carbonyl (C=O) groups is 1. The highest BCUT2D eigenvalue weighted by Crippen LogP contribution is 2.38. The number of fused-ring (bicyclic) bond motifs is 2. The Kier molecular flexibility index (Phi) is 7.68. The van der Waals surface area contributed by atoms with Crippen LogP contribution in [0.1, 0.15) is 19.0 Å². The summed E-state index contributed by atoms with van der Waals surface area (Å²) in [7, 11) is 1.55. The van der Waals surface area contributed by atoms with Gasteiger partial charge in [-0.25, -0.2) is 19.9 Å². The Balaban J connectivity index is 1.26. The maximum Gasteiger partial charge on any atom is 0.320 e. The van der Waals surface area contributed by atoms with Crippen LogP contribution in [0.3, 0.4) is 0 Å². The highest BCUT2D eigenvalue weighted by molar-refractivity contribution is 5.89. The van der Waals surface area contributed by atoms with Crippen molar-refractivity contribution in [2.45, 2.75) is 26.4 Å². The van der Waals surface area contributed by atoms with Gasteiger partial charge in [0.25, 0.3) is 0 Å². The van der Waals surface area contributed by atoms with Gasteiger partial charge in [-0.05, 0) is 55.8 Å². The van der Waals surface area contributed by atoms with Gasteiger partial charge >= 0.3 is 6.55 Å². The van der Waals surface area contributed by atoms with Gasteiger partial charge < -0.3 is 24.6 Å². The van der Waals surface area contributed by atoms with E-state index in [1.165, 1.54) is 12.4 Å². The second-order valence-corrected chi connectivity index (χ2v) is 10.4. The molecule has 5 aromatic rings. The number of anilines is 3. The third-order valence-electron chi connectivity index (χ3n) is 7.61. The number of hydrogen-bond acceptors (Lipinski definition) is 9. The molecule has 0 aliphatic carbocycles. The van der Waals surface area contributed by atoms with Crippen LogP contribution in [0.15, 0.2) is 67.8 Å². The summed E-state index contributed by atoms with van der Waals surface area (Å²) in [6.07, 6.45) is 3.92. The van der Waals surface area contributed by atoms with Gasteiger partial charge in [0.1, 0.15) is 41.2 Å². The molecule has 1 aliphatic rings. The Morgan fingerprint density at radius 1 is 1.09 bits per heavy atom. The van der Waals surface area contributed by atoms with Crippen LogP contribution in [0.2, 0.25) is 0 Å². The Morgan fingerprint density at radius 2 is 1.93 bits per heavy atom. The molecule has 0 radical (unpaired) electrons. The van der Waals surface area contributed by atoms with Gasteiger partial charge in [-0.15, -0.1) is 0 Å². The lowest BCUT2D eigenvalue weighted by molar-refractivity contribution is -0.128. The number of aromatic nitrogens is 5. The molecule has 226 valence electrons. The van der Waals surface area contributed by atoms with Crippen LogP contribution in [0.25, 0.3) is 22.1 Å². The van der Waals surface area contributed by atoms with Crippen LogP contribution >= 0.6 is 0 Å². The van der Waals surface area contributed by atoms with E-state index in [1.807, 2.05) is 36.9 Å². The van der Waals surface area contributed by atoms with Gasteiger partial charge in [0, 0.05) is 37.8 Å². The fourth-order valence-electron chi connectivity index (χ4n) is 5.34. The number of carbonyl (C=O) groups excluding carboxylic acids is 1. The maximum absolute atomic E-state index is 13.2. The minimum Gasteiger partial charge on any atom is -0.494 e. The highest BCUT2D eigenvalue weighted by Gasteiger charge is 2.27. The van der Waals surface area contributed by atoms with Crippen molar-refractivity contribution in [2.24, 2.45) is 0 Å². The smallest absolute Gasteiger partial charge is 0.320 e. The number of rotatable bonds is 8. The zero-order valence-electron chi connectivity index (χ0n) is 24.4. The molecule has 0 unspecified atom stereocenters. The van der Waals surface area contributed by atoms with Crippen molar-refractivity contribution in [3.8, 4) is 17.2 Å². The predicted octanol–water partition coefficient (Wildman–Crippen LogP) is 5.85. The Morgan fingerprint density at radius 3 is 2.68 bits per heavy atom. The zero-order chi connectivity index (χ0) is 31.0. The molecule has 2 aromatic carbocycles. The van der Waals surface area contributed by atoms with Crippen molar-refractivity contribution in [3.05, 3.63) is 73.3 Å². The number of alkyl halides is 2. The Bertz CT molecular complexity index is 1880. The van der Waals surface area contributed by atoms with E-state index in [0.29, 0.717) is 70.5 Å². The van der Waals surface area contributed by atoms with Gasteiger partial charge in [0.15, 0.2) is 5.82 Å². The number of aryl methyl sites for hydroxylation is 1. The third kappa shape index (κ3) is 5.43. The van der Waals surface area contributed by atoms with Crippen molar-refractivity contribution in [2.75, 3.05) is 37.0 Å². The van der Waals surface area contributed by atoms with E-state index in [2.05, 4.69) is 31.7 Å². The molecule has 0 spiro atoms. The third-order valence-corrected chi connectivity index (χ3v) is 7.61. The summed E-state index contributed by atoms with van der Waals surface area (Å²) in [4.78, 5) is 34.0. The molecule has 4 heterocycles. The van der Waals surface area contributed by atoms with E-state index >= 15 is 0 Å². The van der Waals surface area contributed by atoms with Crippen molar-refractivity contribution in [3.63, 3.8) is 0 Å². The first-order valence-electron chi connectivity index (χ1n) is 13.9. The molecular weight excluding hydrogens is 570 g/mol. The monoisotopic (exact) mass is 600 g/mol. The molecule has 0 bridgehead atoms. The fourth-order valence-corrected chi connectivity index (χ4v) is 5.34. The quantitative estimate of drug-likeness (QED) is 0.220. The van der Waals surface area contributed by atoms with Gasteiger partial charge in [-0.2, -0.15) is 8.78 Å². The molecule has 1 fully saturated rings. The Labute approximate surface area is 251 Å². The number of hydrogen-bond donors (Lipinski definition) is 1. The first kappa shape index (κ1) is 28.8. The van der Waals surface area contributed by atoms with Crippen molar-refractivity contribution in [1.82, 2.24) is 29.4 Å². The molecule has 1 aliphatic heterocycles. The molecule has 6 rings (SSSR count). The molecule has 1 amide bonds. The number of benzene rings is 2. The Hall–Kier alpha value is -5.33. The molecule has 11 nitrogen and oxygen atoms in total. The van der Waals surface area contributed by atoms with Gasteiger partial charge in [0.05, 0.1) is 29.3 Å². The first-order valence-corrected chi connectivity index (χ1v) is 13.9. The maximum atomic E-state index is 13.2. The van der Waals surface area contributed by atoms with Crippen LogP contribution in [0.4, 0.5) is 26.1 Å². The average Bonchev–Trinajstić information content (AvgIpc) is 3.45. The average molecular weight is 601 g/mol. The summed E-state index contributed by atoms with van der Waals surface area (Å²) < 4.78 is 39.0. The number of amides is 1. The van der Waals surface area contributed by atoms with E-state index in [9.17, 15) is 13.6 Å². The normalized spacial score (nSPS) is 15.2. The van der Waals surface area contributed by atoms with E-state index in [-0.39, 0.29) is 11.9 Å². The number of nitrogens with one attached hydrogen (secondary N) is 1. The fraction of sp³-hybridized carbons (Fsp3) is 0.258. The molecule has 13 heteroatoms. The van der Waals surface area contributed by atoms with Crippen LogP contribution in [-0.2, 0) is 4.79 Å². The number of halogens is 2. The number of imidazole rings is 1. The summed E-state index contributed by atoms with van der Waals surface area (Å²) >= 11 is 0. The number of pyridine rings is 1. The lowest BCUT2D eigenvalue weighted by atomic mass is 10.1. The SMILES string of the molecule is C=CC(=O)N1CCN(c2ccc3ncnc(Nc4cc(C)c(Oc5ccc6c(c5)ncn6C(F)F)cc4OC)c3n2)C[C@H]1C. The minimum atomic E-state index is -2.68. The van der Waals surface area contributed by atoms with E-state index in [0.717, 1.165) is 22.3 Å². The lowest BCUT2D eigenvalue weighted by Crippen LogP contribution is -2.53. The van der Waals surface area contributed by atoms with E-state index in [1.54, 1.807) is 31.4 Å². The zero-order valence-corrected chi connectivity index (χ0v) is 24.4. The molecule has 44 heavy (non-hydrogen) atoms. The van der Waals surface area contributed by atoms with E-state index in [4.69, 9.17) is 14.5 Å². The molecule has 1 saturated heterocycles. The summed E-state index contributed by atoms with van der Waals surface area (Å²) in [5.41, 5.74) is 3.39. The van der Waals surface area contributed by atoms with Crippen molar-refractivity contribution in [1.29, 1.82) is 0 Å². The van der Waals surface area contributed by atoms with Gasteiger partial charge in [-0.3, -0.25) is 9.36 Å². The lowest BCUT2D eigenvalue weighted by Gasteiger charge is -2.40. The first-order chi connectivity index (χ1) is 21.2. The summed E-state index contributed by atoms with van der Waals surface area (Å²) in [6, 6.07) is 12.2. The largest absolute Gasteiger partial charge is 0.494 e. The standard InChI is InChI=1S/C31H30F2N8O3/c1-5-28(42)40-11-10-39(15-19(40)3)27-9-7-21-29(38-27)30(35-16-34-21)37-23-12-18(2)25(14-26(23)43-4)44-20-6-8-24-22(13-20)36-17-41(24)31(32)33/h5-9,12-14,16-17,19,31H,1,10-11,15H2,2-4H3,(H,34,35,37)/t19-/m1/s1. The van der Waals surface area contributed by atoms with E-state index < -0.39 is 6.55 Å². The number of methoxy groups -OCH3 is 1. The van der Waals surface area contributed by atoms with Crippen LogP contribution in [-0.4, -0.2) is 68.1 Å². The van der Waals surface area contributed by atoms with Gasteiger partial charge in [0.2, 0.25) is 5.91 Å².